The van der Waals surface area contributed by atoms with Gasteiger partial charge in [-0.1, -0.05) is 90.6 Å². The number of methoxy groups -OCH3 is 4. The lowest BCUT2D eigenvalue weighted by atomic mass is 9.88. The molecule has 0 spiro atoms. The third-order valence-corrected chi connectivity index (χ3v) is 27.9. The zero-order chi connectivity index (χ0) is 92.1. The molecule has 0 radical (unpaired) electrons. The summed E-state index contributed by atoms with van der Waals surface area (Å²) in [5.74, 6) is 2.11. The third-order valence-electron chi connectivity index (χ3n) is 24.5. The summed E-state index contributed by atoms with van der Waals surface area (Å²) in [6, 6.07) is 26.4. The second-order valence-corrected chi connectivity index (χ2v) is 36.8. The molecule has 130 heavy (non-hydrogen) atoms. The number of carbonyl (C=O) groups excluding carboxylic acids is 6. The summed E-state index contributed by atoms with van der Waals surface area (Å²) in [5.41, 5.74) is 28.4. The lowest BCUT2D eigenvalue weighted by Crippen LogP contribution is -2.14. The van der Waals surface area contributed by atoms with E-state index < -0.39 is 11.9 Å². The predicted octanol–water partition coefficient (Wildman–Crippen LogP) is 20.4. The van der Waals surface area contributed by atoms with Gasteiger partial charge in [0.1, 0.15) is 28.6 Å². The maximum atomic E-state index is 13.1. The zero-order valence-electron chi connectivity index (χ0n) is 75.7. The van der Waals surface area contributed by atoms with E-state index in [2.05, 4.69) is 74.3 Å². The number of hydrogen-bond donors (Lipinski definition) is 2. The summed E-state index contributed by atoms with van der Waals surface area (Å²) in [6.45, 7) is 11.3. The fraction of sp³-hybridized carbons (Fsp3) is 0.444. The second-order valence-electron chi connectivity index (χ2n) is 32.8. The molecule has 12 aromatic rings. The normalized spacial score (nSPS) is 12.5. The van der Waals surface area contributed by atoms with E-state index in [1.165, 1.54) is 117 Å². The molecular weight excluding hydrogens is 1860 g/mol. The van der Waals surface area contributed by atoms with Crippen molar-refractivity contribution in [2.75, 3.05) is 28.4 Å². The van der Waals surface area contributed by atoms with Crippen molar-refractivity contribution in [3.05, 3.63) is 218 Å². The van der Waals surface area contributed by atoms with Gasteiger partial charge in [-0.2, -0.15) is 25.5 Å². The number of phenolic OH excluding ortho intramolecular Hbond substituents is 2. The van der Waals surface area contributed by atoms with E-state index in [1.54, 1.807) is 18.7 Å². The maximum Gasteiger partial charge on any atom is 0.354 e. The van der Waals surface area contributed by atoms with E-state index in [0.717, 1.165) is 213 Å². The highest BCUT2D eigenvalue weighted by Crippen LogP contribution is 2.46. The predicted molar refractivity (Wildman–Crippen MR) is 527 cm³/mol. The number of halogens is 4. The molecule has 2 N–H and O–H groups in total. The van der Waals surface area contributed by atoms with Crippen molar-refractivity contribution in [3.8, 4) is 39.5 Å². The van der Waals surface area contributed by atoms with Crippen LogP contribution in [-0.4, -0.2) is 132 Å². The van der Waals surface area contributed by atoms with Gasteiger partial charge in [0.05, 0.1) is 75.6 Å². The number of benzene rings is 5. The van der Waals surface area contributed by atoms with Crippen LogP contribution >= 0.6 is 80.9 Å². The van der Waals surface area contributed by atoms with Crippen molar-refractivity contribution in [2.45, 2.75) is 225 Å². The smallest absolute Gasteiger partial charge is 0.354 e. The summed E-state index contributed by atoms with van der Waals surface area (Å²) >= 11 is 24.8. The number of alkyl halides is 2. The summed E-state index contributed by atoms with van der Waals surface area (Å²) in [5, 5.41) is 46.9. The highest BCUT2D eigenvalue weighted by Gasteiger charge is 2.32. The first-order valence-corrected chi connectivity index (χ1v) is 48.2. The average molecular weight is 1990 g/mol. The highest BCUT2D eigenvalue weighted by molar-refractivity contribution is 14.1. The third kappa shape index (κ3) is 23.8. The van der Waals surface area contributed by atoms with Crippen molar-refractivity contribution in [1.29, 1.82) is 0 Å². The Hall–Kier alpha value is -9.85. The molecule has 3 aliphatic carbocycles. The Bertz CT molecular complexity index is 6150. The van der Waals surface area contributed by atoms with E-state index in [4.69, 9.17) is 68.7 Å². The van der Waals surface area contributed by atoms with Crippen molar-refractivity contribution >= 4 is 138 Å². The van der Waals surface area contributed by atoms with E-state index in [9.17, 15) is 39.0 Å². The Kier molecular flexibility index (Phi) is 36.6. The van der Waals surface area contributed by atoms with Gasteiger partial charge in [-0.3, -0.25) is 42.6 Å². The number of carbonyl (C=O) groups is 6. The molecule has 0 fully saturated rings. The molecule has 25 nitrogen and oxygen atoms in total. The van der Waals surface area contributed by atoms with Gasteiger partial charge in [-0.15, -0.1) is 23.4 Å². The largest absolute Gasteiger partial charge is 0.508 e. The lowest BCUT2D eigenvalue weighted by Gasteiger charge is -2.20. The zero-order valence-corrected chi connectivity index (χ0v) is 81.7. The number of fused-ring (bicyclic) bond motifs is 5. The average Bonchev–Trinajstić information content (AvgIpc) is 1.58. The number of aromatic nitrogens is 12. The lowest BCUT2D eigenvalue weighted by molar-refractivity contribution is -0.141. The molecule has 0 bridgehead atoms. The quantitative estimate of drug-likeness (QED) is 0.0151. The van der Waals surface area contributed by atoms with Gasteiger partial charge in [-0.05, 0) is 265 Å². The van der Waals surface area contributed by atoms with Crippen LogP contribution in [0.15, 0.2) is 78.9 Å². The Balaban J connectivity index is 0.000000190. The molecule has 7 heterocycles. The molecule has 0 amide bonds. The molecule has 0 unspecified atom stereocenters. The maximum absolute atomic E-state index is 13.1. The number of esters is 5. The number of rotatable bonds is 28. The minimum absolute atomic E-state index is 0. The minimum Gasteiger partial charge on any atom is -0.508 e. The molecule has 3 aliphatic rings. The fourth-order valence-corrected chi connectivity index (χ4v) is 20.5. The van der Waals surface area contributed by atoms with Crippen LogP contribution in [0.5, 0.6) is 17.2 Å². The summed E-state index contributed by atoms with van der Waals surface area (Å²) in [4.78, 5) is 72.2. The second kappa shape index (κ2) is 46.5. The van der Waals surface area contributed by atoms with Crippen LogP contribution in [0.1, 0.15) is 219 Å². The fourth-order valence-electron chi connectivity index (χ4n) is 18.0. The van der Waals surface area contributed by atoms with E-state index >= 15 is 0 Å². The van der Waals surface area contributed by atoms with Gasteiger partial charge in [0.2, 0.25) is 0 Å². The van der Waals surface area contributed by atoms with Crippen molar-refractivity contribution in [1.82, 2.24) is 58.0 Å². The number of thioether (sulfide) groups is 2. The molecule has 0 aliphatic heterocycles. The molecule has 5 aromatic carbocycles. The molecular formula is C99H122Cl3IN12O13S2. The van der Waals surface area contributed by atoms with Crippen LogP contribution in [0.4, 0.5) is 0 Å². The molecule has 7 aromatic heterocycles. The van der Waals surface area contributed by atoms with Gasteiger partial charge in [0.15, 0.2) is 5.12 Å². The van der Waals surface area contributed by atoms with Crippen LogP contribution in [0, 0.1) is 27.7 Å². The van der Waals surface area contributed by atoms with E-state index in [0.29, 0.717) is 60.5 Å². The molecule has 0 atom stereocenters. The topological polar surface area (TPSA) is 288 Å². The Morgan fingerprint density at radius 2 is 0.854 bits per heavy atom. The van der Waals surface area contributed by atoms with Crippen molar-refractivity contribution < 1.29 is 62.7 Å². The number of hydrogen-bond acceptors (Lipinski definition) is 20. The van der Waals surface area contributed by atoms with Crippen LogP contribution in [0.2, 0.25) is 10.0 Å². The summed E-state index contributed by atoms with van der Waals surface area (Å²) in [7, 11) is 15.1. The minimum atomic E-state index is -0.486. The monoisotopic (exact) mass is 1980 g/mol. The first-order chi connectivity index (χ1) is 61.4. The number of aryl methyl sites for hydroxylation is 18. The van der Waals surface area contributed by atoms with Gasteiger partial charge in [0.25, 0.3) is 0 Å². The first kappa shape index (κ1) is 102. The highest BCUT2D eigenvalue weighted by atomic mass is 127. The molecule has 0 saturated heterocycles. The van der Waals surface area contributed by atoms with Gasteiger partial charge >= 0.3 is 29.8 Å². The molecule has 0 saturated carbocycles. The van der Waals surface area contributed by atoms with Crippen molar-refractivity contribution in [3.63, 3.8) is 0 Å². The van der Waals surface area contributed by atoms with E-state index in [1.807, 2.05) is 138 Å². The number of nitrogens with zero attached hydrogens (tertiary/aromatic N) is 12. The number of ether oxygens (including phenoxy) is 5. The van der Waals surface area contributed by atoms with Crippen molar-refractivity contribution in [2.24, 2.45) is 35.2 Å². The van der Waals surface area contributed by atoms with Crippen LogP contribution in [-0.2, 0) is 191 Å². The van der Waals surface area contributed by atoms with Gasteiger partial charge in [0, 0.05) is 166 Å². The molecule has 696 valence electrons. The van der Waals surface area contributed by atoms with Crippen LogP contribution in [0.25, 0.3) is 44.1 Å². The summed E-state index contributed by atoms with van der Waals surface area (Å²) < 4.78 is 39.1. The Morgan fingerprint density at radius 3 is 1.26 bits per heavy atom. The molecule has 31 heteroatoms. The van der Waals surface area contributed by atoms with Crippen LogP contribution in [0.3, 0.4) is 0 Å². The Labute approximate surface area is 799 Å². The SMILES string of the molecule is C.C.CC(=O)Oc1cc(CCc2cc(CSC(C)=O)nn2C)cc2c1CCCC2.COC(=O)CCn1c(C(=O)OC)c(C)c2c(-c3c(CI)nn(C)c3C)c(Cl)ccc21.COC(=O)CCn1c(C(=O)OC)c(C)c2c(-c3c(CSCc4cc(CCc5cc(O)c6c(c5)CCCC6)n(C)n4)nn(C)c3C)c(Cl)ccc21.Cn1nc(CCl)cc1CCc1cc(O)c2c(c1)CCCC2. The van der Waals surface area contributed by atoms with Gasteiger partial charge in [-0.25, -0.2) is 9.59 Å². The summed E-state index contributed by atoms with van der Waals surface area (Å²) in [6.07, 6.45) is 18.7. The molecule has 15 rings (SSSR count). The first-order valence-electron chi connectivity index (χ1n) is 43.2. The standard InChI is InChI=1S/C38H44ClN5O5S.C21H23ClIN3O4.C21H26N2O3S.C17H21ClN2O.2CH4/c1-22-34-31(44(16-15-33(46)48-5)37(22)38(47)49-6)14-13-29(39)36(34)35-23(2)42(3)41-30(35)21-50-20-26-19-27(43(4)40-26)12-11-24-17-25-9-7-8-10-28(25)32(45)18-24;1-11-17-15(26(9-8-16(27)29-4)20(11)21(28)30-5)7-6-13(22)19(17)18-12(2)25(3)24-14(18)10-23;1-14(24)26-21-11-16(10-17-6-4-5-7-20(17)21)8-9-19-12-18(22-23(19)3)13-27-15(2)25;1-20-15(10-14(11-18)19-20)7-6-12-8-13-4-2-3-5-16(13)17(21)9-12;;/h13-14,17-19,45H,7-12,15-16,20-21H2,1-6H3;6-7H,8-10H2,1-5H3;10-12H,4-9,13H2,1-3H3;8-10,21H,2-7,11H2,1H3;2*1H4. The Morgan fingerprint density at radius 1 is 0.462 bits per heavy atom. The van der Waals surface area contributed by atoms with E-state index in [-0.39, 0.29) is 63.8 Å². The number of phenols is 2. The van der Waals surface area contributed by atoms with Gasteiger partial charge < -0.3 is 43.0 Å². The number of aromatic hydroxyl groups is 2. The van der Waals surface area contributed by atoms with Crippen LogP contribution < -0.4 is 4.74 Å².